The lowest BCUT2D eigenvalue weighted by atomic mass is 10.1. The zero-order valence-electron chi connectivity index (χ0n) is 25.9. The van der Waals surface area contributed by atoms with E-state index in [1.54, 1.807) is 25.3 Å². The summed E-state index contributed by atoms with van der Waals surface area (Å²) in [5.74, 6) is 2.08. The molecule has 0 fully saturated rings. The predicted octanol–water partition coefficient (Wildman–Crippen LogP) is 7.64. The van der Waals surface area contributed by atoms with E-state index < -0.39 is 10.0 Å². The number of hydrogen-bond acceptors (Lipinski definition) is 7. The van der Waals surface area contributed by atoms with Crippen molar-refractivity contribution >= 4 is 21.4 Å². The Labute approximate surface area is 270 Å². The molecule has 4 aromatic carbocycles. The van der Waals surface area contributed by atoms with Crippen molar-refractivity contribution < 1.29 is 17.9 Å². The molecule has 8 nitrogen and oxygen atoms in total. The zero-order valence-corrected chi connectivity index (χ0v) is 26.7. The van der Waals surface area contributed by atoms with E-state index >= 15 is 0 Å². The highest BCUT2D eigenvalue weighted by Gasteiger charge is 2.16. The molecule has 1 N–H and O–H groups in total. The van der Waals surface area contributed by atoms with Gasteiger partial charge in [0.2, 0.25) is 10.0 Å². The van der Waals surface area contributed by atoms with Crippen LogP contribution in [0.1, 0.15) is 34.7 Å². The lowest BCUT2D eigenvalue weighted by molar-refractivity contribution is 0.320. The minimum Gasteiger partial charge on any atom is -0.493 e. The lowest BCUT2D eigenvalue weighted by Crippen LogP contribution is -2.24. The van der Waals surface area contributed by atoms with Crippen LogP contribution >= 0.6 is 0 Å². The number of hydrogen-bond donors (Lipinski definition) is 1. The number of anilines is 2. The van der Waals surface area contributed by atoms with Crippen molar-refractivity contribution in [1.82, 2.24) is 4.98 Å². The van der Waals surface area contributed by atoms with Crippen molar-refractivity contribution in [2.75, 3.05) is 22.0 Å². The summed E-state index contributed by atoms with van der Waals surface area (Å²) in [6.07, 6.45) is 4.36. The lowest BCUT2D eigenvalue weighted by Gasteiger charge is -2.28. The minimum atomic E-state index is -3.44. The van der Waals surface area contributed by atoms with Crippen LogP contribution in [0.25, 0.3) is 0 Å². The van der Waals surface area contributed by atoms with Crippen molar-refractivity contribution in [3.8, 4) is 23.3 Å². The number of rotatable bonds is 14. The van der Waals surface area contributed by atoms with Gasteiger partial charge in [0.15, 0.2) is 0 Å². The Kier molecular flexibility index (Phi) is 10.5. The largest absolute Gasteiger partial charge is 0.493 e. The first-order valence-electron chi connectivity index (χ1n) is 15.0. The molecular weight excluding hydrogens is 596 g/mol. The van der Waals surface area contributed by atoms with E-state index in [0.29, 0.717) is 42.4 Å². The van der Waals surface area contributed by atoms with Crippen LogP contribution < -0.4 is 19.1 Å². The van der Waals surface area contributed by atoms with Gasteiger partial charge < -0.3 is 14.4 Å². The monoisotopic (exact) mass is 632 g/mol. The summed E-state index contributed by atoms with van der Waals surface area (Å²) in [7, 11) is -3.44. The molecule has 0 aliphatic carbocycles. The maximum absolute atomic E-state index is 12.4. The summed E-state index contributed by atoms with van der Waals surface area (Å²) in [6.45, 7) is 5.12. The number of aromatic nitrogens is 1. The highest BCUT2D eigenvalue weighted by molar-refractivity contribution is 7.92. The smallest absolute Gasteiger partial charge is 0.232 e. The Hall–Kier alpha value is -5.33. The van der Waals surface area contributed by atoms with Crippen LogP contribution in [-0.4, -0.2) is 25.8 Å². The van der Waals surface area contributed by atoms with Gasteiger partial charge in [-0.1, -0.05) is 42.5 Å². The van der Waals surface area contributed by atoms with Crippen LogP contribution in [0.3, 0.4) is 0 Å². The average Bonchev–Trinajstić information content (AvgIpc) is 3.07. The van der Waals surface area contributed by atoms with Crippen LogP contribution in [0, 0.1) is 18.3 Å². The molecule has 0 bridgehead atoms. The van der Waals surface area contributed by atoms with E-state index in [0.717, 1.165) is 40.1 Å². The van der Waals surface area contributed by atoms with Gasteiger partial charge in [-0.3, -0.25) is 9.71 Å². The van der Waals surface area contributed by atoms with Gasteiger partial charge >= 0.3 is 0 Å². The number of pyridine rings is 1. The molecule has 5 rings (SSSR count). The molecular formula is C37H36N4O4S. The van der Waals surface area contributed by atoms with Gasteiger partial charge in [-0.05, 0) is 90.7 Å². The molecule has 0 radical (unpaired) electrons. The van der Waals surface area contributed by atoms with Crippen LogP contribution in [0.15, 0.2) is 116 Å². The van der Waals surface area contributed by atoms with E-state index in [9.17, 15) is 13.7 Å². The number of nitriles is 1. The van der Waals surface area contributed by atoms with Crippen LogP contribution in [0.2, 0.25) is 0 Å². The summed E-state index contributed by atoms with van der Waals surface area (Å²) in [6, 6.07) is 34.7. The fraction of sp³-hybridized carbons (Fsp3) is 0.189. The summed E-state index contributed by atoms with van der Waals surface area (Å²) < 4.78 is 39.5. The fourth-order valence-corrected chi connectivity index (χ4v) is 5.68. The van der Waals surface area contributed by atoms with E-state index in [2.05, 4.69) is 20.7 Å². The first-order chi connectivity index (χ1) is 22.3. The van der Waals surface area contributed by atoms with Gasteiger partial charge in [-0.25, -0.2) is 8.42 Å². The molecule has 234 valence electrons. The van der Waals surface area contributed by atoms with Crippen molar-refractivity contribution in [3.05, 3.63) is 143 Å². The Balaban J connectivity index is 1.31. The molecule has 9 heteroatoms. The van der Waals surface area contributed by atoms with Gasteiger partial charge in [0, 0.05) is 43.7 Å². The highest BCUT2D eigenvalue weighted by atomic mass is 32.2. The molecule has 5 aromatic rings. The second-order valence-corrected chi connectivity index (χ2v) is 12.8. The second kappa shape index (κ2) is 15.1. The zero-order chi connectivity index (χ0) is 32.4. The highest BCUT2D eigenvalue weighted by Crippen LogP contribution is 2.31. The molecule has 0 atom stereocenters. The summed E-state index contributed by atoms with van der Waals surface area (Å²) in [5.41, 5.74) is 5.96. The SMILES string of the molecule is CCS(=O)(=O)Nc1cccc(N(Cc2ccc(Oc3cccc(OCCc4cccnc4)c3)cc2)Cc2cccc(C#N)c2)c1C. The first kappa shape index (κ1) is 32.1. The van der Waals surface area contributed by atoms with Crippen molar-refractivity contribution in [2.45, 2.75) is 33.4 Å². The number of nitrogens with one attached hydrogen (secondary N) is 1. The quantitative estimate of drug-likeness (QED) is 0.134. The number of nitrogens with zero attached hydrogens (tertiary/aromatic N) is 3. The molecule has 0 saturated heterocycles. The van der Waals surface area contributed by atoms with Crippen LogP contribution in [0.5, 0.6) is 17.2 Å². The number of sulfonamides is 1. The van der Waals surface area contributed by atoms with Gasteiger partial charge in [0.25, 0.3) is 0 Å². The van der Waals surface area contributed by atoms with Crippen LogP contribution in [0.4, 0.5) is 11.4 Å². The molecule has 46 heavy (non-hydrogen) atoms. The Morgan fingerprint density at radius 2 is 1.57 bits per heavy atom. The van der Waals surface area contributed by atoms with E-state index in [1.807, 2.05) is 104 Å². The molecule has 0 aliphatic heterocycles. The predicted molar refractivity (Wildman–Crippen MR) is 182 cm³/mol. The number of benzene rings is 4. The molecule has 0 aliphatic rings. The molecule has 0 amide bonds. The Morgan fingerprint density at radius 1 is 0.826 bits per heavy atom. The van der Waals surface area contributed by atoms with Crippen LogP contribution in [-0.2, 0) is 29.5 Å². The van der Waals surface area contributed by atoms with Crippen molar-refractivity contribution in [2.24, 2.45) is 0 Å². The maximum atomic E-state index is 12.4. The van der Waals surface area contributed by atoms with E-state index in [4.69, 9.17) is 9.47 Å². The molecule has 1 aromatic heterocycles. The first-order valence-corrected chi connectivity index (χ1v) is 16.7. The third kappa shape index (κ3) is 8.87. The minimum absolute atomic E-state index is 0.0146. The normalized spacial score (nSPS) is 11.0. The van der Waals surface area contributed by atoms with Gasteiger partial charge in [0.1, 0.15) is 17.2 Å². The maximum Gasteiger partial charge on any atom is 0.232 e. The summed E-state index contributed by atoms with van der Waals surface area (Å²) in [4.78, 5) is 6.32. The summed E-state index contributed by atoms with van der Waals surface area (Å²) >= 11 is 0. The topological polar surface area (TPSA) is 105 Å². The fourth-order valence-electron chi connectivity index (χ4n) is 4.98. The third-order valence-electron chi connectivity index (χ3n) is 7.44. The molecule has 0 saturated carbocycles. The van der Waals surface area contributed by atoms with Crippen molar-refractivity contribution in [1.29, 1.82) is 5.26 Å². The number of ether oxygens (including phenoxy) is 2. The second-order valence-electron chi connectivity index (χ2n) is 10.8. The standard InChI is InChI=1S/C37H36N4O4S/c1-3-46(42,43)40-36-13-6-14-37(28(36)2)41(27-32-9-4-8-31(22-32)24-38)26-30-15-17-33(18-16-30)45-35-12-5-11-34(23-35)44-21-19-29-10-7-20-39-25-29/h4-18,20,22-23,25,40H,3,19,21,26-27H2,1-2H3. The molecule has 0 spiro atoms. The van der Waals surface area contributed by atoms with E-state index in [-0.39, 0.29) is 5.75 Å². The Bertz CT molecular complexity index is 1910. The molecule has 1 heterocycles. The average molecular weight is 633 g/mol. The van der Waals surface area contributed by atoms with Gasteiger partial charge in [0.05, 0.1) is 29.7 Å². The van der Waals surface area contributed by atoms with Gasteiger partial charge in [-0.15, -0.1) is 0 Å². The summed E-state index contributed by atoms with van der Waals surface area (Å²) in [5, 5.41) is 9.44. The third-order valence-corrected chi connectivity index (χ3v) is 8.73. The molecule has 0 unspecified atom stereocenters. The Morgan fingerprint density at radius 3 is 2.33 bits per heavy atom. The van der Waals surface area contributed by atoms with Gasteiger partial charge in [-0.2, -0.15) is 5.26 Å². The van der Waals surface area contributed by atoms with E-state index in [1.165, 1.54) is 0 Å². The van der Waals surface area contributed by atoms with Crippen molar-refractivity contribution in [3.63, 3.8) is 0 Å².